The highest BCUT2D eigenvalue weighted by Gasteiger charge is 2.33. The number of nitrogens with zero attached hydrogens (tertiary/aromatic N) is 2. The first-order valence-corrected chi connectivity index (χ1v) is 8.96. The normalized spacial score (nSPS) is 15.2. The van der Waals surface area contributed by atoms with Gasteiger partial charge < -0.3 is 9.64 Å². The van der Waals surface area contributed by atoms with Crippen LogP contribution in [0, 0.1) is 0 Å². The summed E-state index contributed by atoms with van der Waals surface area (Å²) in [6, 6.07) is 8.24. The van der Waals surface area contributed by atoms with Crippen molar-refractivity contribution < 1.29 is 18.3 Å². The molecule has 1 aliphatic heterocycles. The smallest absolute Gasteiger partial charge is 0.329 e. The monoisotopic (exact) mass is 478 g/mol. The highest BCUT2D eigenvalue weighted by Crippen LogP contribution is 2.34. The Morgan fingerprint density at radius 3 is 2.64 bits per heavy atom. The number of hydrogen-bond acceptors (Lipinski definition) is 3. The van der Waals surface area contributed by atoms with E-state index >= 15 is 0 Å². The lowest BCUT2D eigenvalue weighted by Crippen LogP contribution is -2.27. The maximum absolute atomic E-state index is 12.8. The first-order chi connectivity index (χ1) is 11.8. The molecule has 0 saturated carbocycles. The van der Waals surface area contributed by atoms with Gasteiger partial charge in [0.1, 0.15) is 10.9 Å². The summed E-state index contributed by atoms with van der Waals surface area (Å²) in [4.78, 5) is 18.3. The molecule has 1 amide bonds. The van der Waals surface area contributed by atoms with Crippen molar-refractivity contribution in [2.45, 2.75) is 23.4 Å². The Morgan fingerprint density at radius 2 is 2.04 bits per heavy atom. The number of benzene rings is 1. The second-order valence-electron chi connectivity index (χ2n) is 5.71. The summed E-state index contributed by atoms with van der Waals surface area (Å²) in [5, 5.41) is 0.337. The van der Waals surface area contributed by atoms with Gasteiger partial charge in [0, 0.05) is 39.9 Å². The van der Waals surface area contributed by atoms with Crippen LogP contribution in [-0.4, -0.2) is 26.3 Å². The lowest BCUT2D eigenvalue weighted by molar-refractivity contribution is 0.0645. The van der Waals surface area contributed by atoms with Crippen LogP contribution in [0.4, 0.5) is 8.78 Å². The fraction of sp³-hybridized carbons (Fsp3) is 0.294. The Labute approximate surface area is 162 Å². The van der Waals surface area contributed by atoms with Crippen LogP contribution in [0.3, 0.4) is 0 Å². The number of carbonyl (C=O) groups excluding carboxylic acids is 1. The molecule has 1 atom stereocenters. The van der Waals surface area contributed by atoms with Crippen LogP contribution in [0.5, 0.6) is 5.75 Å². The number of rotatable bonds is 5. The van der Waals surface area contributed by atoms with Crippen LogP contribution < -0.4 is 4.74 Å². The molecule has 8 heteroatoms. The minimum absolute atomic E-state index is 0.100. The summed E-state index contributed by atoms with van der Waals surface area (Å²) in [5.41, 5.74) is 2.17. The van der Waals surface area contributed by atoms with E-state index in [9.17, 15) is 13.6 Å². The zero-order chi connectivity index (χ0) is 18.2. The summed E-state index contributed by atoms with van der Waals surface area (Å²) in [5.74, 6) is 0.257. The molecule has 0 bridgehead atoms. The van der Waals surface area contributed by atoms with E-state index < -0.39 is 10.5 Å². The topological polar surface area (TPSA) is 42.4 Å². The van der Waals surface area contributed by atoms with Gasteiger partial charge in [-0.1, -0.05) is 23.7 Å². The molecule has 1 aromatic heterocycles. The number of alkyl halides is 3. The van der Waals surface area contributed by atoms with Crippen LogP contribution in [0.1, 0.15) is 34.5 Å². The van der Waals surface area contributed by atoms with Crippen molar-refractivity contribution in [3.05, 3.63) is 58.4 Å². The molecule has 1 aliphatic rings. The molecule has 0 aliphatic carbocycles. The summed E-state index contributed by atoms with van der Waals surface area (Å²) >= 11 is 7.11. The van der Waals surface area contributed by atoms with Gasteiger partial charge in [0.05, 0.1) is 12.6 Å². The van der Waals surface area contributed by atoms with Gasteiger partial charge in [0.15, 0.2) is 6.61 Å². The van der Waals surface area contributed by atoms with Crippen LogP contribution in [0.2, 0.25) is 5.15 Å². The third-order valence-corrected chi connectivity index (χ3v) is 4.69. The van der Waals surface area contributed by atoms with E-state index in [1.54, 1.807) is 35.2 Å². The zero-order valence-corrected chi connectivity index (χ0v) is 16.1. The molecule has 0 spiro atoms. The summed E-state index contributed by atoms with van der Waals surface area (Å²) < 4.78 is 27.8. The molecule has 132 valence electrons. The number of pyridine rings is 1. The molecule has 0 saturated heterocycles. The second kappa shape index (κ2) is 7.03. The molecule has 3 rings (SSSR count). The summed E-state index contributed by atoms with van der Waals surface area (Å²) in [6.45, 7) is 1.61. The largest absolute Gasteiger partial charge is 0.486 e. The predicted molar refractivity (Wildman–Crippen MR) is 98.4 cm³/mol. The quantitative estimate of drug-likeness (QED) is 0.350. The Bertz CT molecular complexity index is 796. The van der Waals surface area contributed by atoms with E-state index in [4.69, 9.17) is 16.3 Å². The van der Waals surface area contributed by atoms with E-state index in [-0.39, 0.29) is 11.9 Å². The molecule has 2 heterocycles. The number of ether oxygens (including phenoxy) is 1. The number of amides is 1. The van der Waals surface area contributed by atoms with Crippen molar-refractivity contribution in [3.8, 4) is 5.75 Å². The highest BCUT2D eigenvalue weighted by molar-refractivity contribution is 14.1. The SMILES string of the molecule is CC(c1ccc(OCC(F)(F)I)cc1)N1Cc2c(ccnc2Cl)C1=O. The summed E-state index contributed by atoms with van der Waals surface area (Å²) in [6.07, 6.45) is 1.52. The van der Waals surface area contributed by atoms with Gasteiger partial charge in [-0.25, -0.2) is 4.98 Å². The lowest BCUT2D eigenvalue weighted by atomic mass is 10.1. The summed E-state index contributed by atoms with van der Waals surface area (Å²) in [7, 11) is 0. The van der Waals surface area contributed by atoms with E-state index in [1.807, 2.05) is 6.92 Å². The van der Waals surface area contributed by atoms with Crippen LogP contribution in [0.15, 0.2) is 36.5 Å². The third kappa shape index (κ3) is 4.03. The first kappa shape index (κ1) is 18.3. The molecule has 0 radical (unpaired) electrons. The van der Waals surface area contributed by atoms with Gasteiger partial charge in [-0.3, -0.25) is 4.79 Å². The van der Waals surface area contributed by atoms with Gasteiger partial charge in [0.2, 0.25) is 0 Å². The average molecular weight is 479 g/mol. The third-order valence-electron chi connectivity index (χ3n) is 4.06. The number of halogens is 4. The highest BCUT2D eigenvalue weighted by atomic mass is 127. The maximum Gasteiger partial charge on any atom is 0.329 e. The number of carbonyl (C=O) groups is 1. The standard InChI is InChI=1S/C17H14ClF2IN2O2/c1-10(11-2-4-12(5-3-11)25-9-17(19,20)21)23-8-14-13(16(23)24)6-7-22-15(14)18/h2-7,10H,8-9H2,1H3. The molecule has 1 unspecified atom stereocenters. The van der Waals surface area contributed by atoms with E-state index in [0.717, 1.165) is 33.7 Å². The minimum Gasteiger partial charge on any atom is -0.486 e. The van der Waals surface area contributed by atoms with Crippen molar-refractivity contribution in [2.24, 2.45) is 0 Å². The predicted octanol–water partition coefficient (Wildman–Crippen LogP) is 4.86. The molecular formula is C17H14ClF2IN2O2. The van der Waals surface area contributed by atoms with Crippen molar-refractivity contribution in [3.63, 3.8) is 0 Å². The number of fused-ring (bicyclic) bond motifs is 1. The van der Waals surface area contributed by atoms with Crippen molar-refractivity contribution in [1.82, 2.24) is 9.88 Å². The van der Waals surface area contributed by atoms with E-state index in [2.05, 4.69) is 4.98 Å². The molecule has 0 fully saturated rings. The Morgan fingerprint density at radius 1 is 1.36 bits per heavy atom. The zero-order valence-electron chi connectivity index (χ0n) is 13.2. The first-order valence-electron chi connectivity index (χ1n) is 7.50. The molecule has 2 aromatic rings. The fourth-order valence-corrected chi connectivity index (χ4v) is 3.09. The van der Waals surface area contributed by atoms with Gasteiger partial charge in [0.25, 0.3) is 5.91 Å². The van der Waals surface area contributed by atoms with Gasteiger partial charge in [-0.2, -0.15) is 8.78 Å². The molecule has 4 nitrogen and oxygen atoms in total. The maximum atomic E-state index is 12.8. The fourth-order valence-electron chi connectivity index (χ4n) is 2.72. The molecular weight excluding hydrogens is 465 g/mol. The van der Waals surface area contributed by atoms with Gasteiger partial charge in [-0.05, 0) is 30.7 Å². The second-order valence-corrected chi connectivity index (χ2v) is 7.65. The van der Waals surface area contributed by atoms with Crippen molar-refractivity contribution in [1.29, 1.82) is 0 Å². The van der Waals surface area contributed by atoms with Gasteiger partial charge in [-0.15, -0.1) is 0 Å². The Kier molecular flexibility index (Phi) is 5.15. The van der Waals surface area contributed by atoms with E-state index in [1.165, 1.54) is 6.20 Å². The van der Waals surface area contributed by atoms with Crippen LogP contribution in [0.25, 0.3) is 0 Å². The Hall–Kier alpha value is -1.48. The van der Waals surface area contributed by atoms with E-state index in [0.29, 0.717) is 23.0 Å². The van der Waals surface area contributed by atoms with Crippen molar-refractivity contribution >= 4 is 40.1 Å². The lowest BCUT2D eigenvalue weighted by Gasteiger charge is -2.25. The minimum atomic E-state index is -2.91. The Balaban J connectivity index is 1.73. The molecule has 0 N–H and O–H groups in total. The molecule has 1 aromatic carbocycles. The van der Waals surface area contributed by atoms with Crippen molar-refractivity contribution in [2.75, 3.05) is 6.61 Å². The van der Waals surface area contributed by atoms with Crippen LogP contribution >= 0.6 is 34.2 Å². The average Bonchev–Trinajstić information content (AvgIpc) is 2.91. The molecule has 25 heavy (non-hydrogen) atoms. The van der Waals surface area contributed by atoms with Crippen LogP contribution in [-0.2, 0) is 6.54 Å². The van der Waals surface area contributed by atoms with Gasteiger partial charge >= 0.3 is 3.93 Å². The number of hydrogen-bond donors (Lipinski definition) is 0. The number of aromatic nitrogens is 1.